The number of nitrogens with zero attached hydrogens (tertiary/aromatic N) is 2. The van der Waals surface area contributed by atoms with Crippen LogP contribution < -0.4 is 5.32 Å². The predicted octanol–water partition coefficient (Wildman–Crippen LogP) is 2.37. The zero-order valence-corrected chi connectivity index (χ0v) is 15.7. The Hall–Kier alpha value is -2.34. The van der Waals surface area contributed by atoms with Crippen molar-refractivity contribution in [2.75, 3.05) is 32.7 Å². The molecule has 0 bridgehead atoms. The van der Waals surface area contributed by atoms with Gasteiger partial charge in [0.15, 0.2) is 0 Å². The molecule has 144 valence electrons. The lowest BCUT2D eigenvalue weighted by atomic mass is 9.95. The van der Waals surface area contributed by atoms with E-state index in [4.69, 9.17) is 0 Å². The van der Waals surface area contributed by atoms with E-state index >= 15 is 0 Å². The van der Waals surface area contributed by atoms with Crippen molar-refractivity contribution in [3.63, 3.8) is 0 Å². The molecule has 2 amide bonds. The molecule has 6 nitrogen and oxygen atoms in total. The summed E-state index contributed by atoms with van der Waals surface area (Å²) in [5.74, 6) is 0.191. The van der Waals surface area contributed by atoms with Crippen LogP contribution in [0, 0.1) is 0 Å². The standard InChI is InChI=1S/C21H28N4O2/c26-20(23-18-4-2-1-3-5-18)15-24-10-12-25(13-11-24)21(27)17-7-6-16-8-9-22-19(16)14-17/h6-9,14,18,22H,1-5,10-13,15H2,(H,23,26). The summed E-state index contributed by atoms with van der Waals surface area (Å²) in [5.41, 5.74) is 1.70. The number of nitrogens with one attached hydrogen (secondary N) is 2. The molecular weight excluding hydrogens is 340 g/mol. The average molecular weight is 368 g/mol. The van der Waals surface area contributed by atoms with Crippen molar-refractivity contribution in [3.8, 4) is 0 Å². The Labute approximate surface area is 159 Å². The summed E-state index contributed by atoms with van der Waals surface area (Å²) in [4.78, 5) is 32.2. The van der Waals surface area contributed by atoms with Crippen LogP contribution in [0.3, 0.4) is 0 Å². The summed E-state index contributed by atoms with van der Waals surface area (Å²) in [6.45, 7) is 3.26. The van der Waals surface area contributed by atoms with E-state index in [9.17, 15) is 9.59 Å². The molecule has 1 aliphatic heterocycles. The fourth-order valence-corrected chi connectivity index (χ4v) is 4.20. The van der Waals surface area contributed by atoms with Gasteiger partial charge in [0.25, 0.3) is 5.91 Å². The molecule has 0 unspecified atom stereocenters. The number of H-pyrrole nitrogens is 1. The molecule has 27 heavy (non-hydrogen) atoms. The molecule has 1 aromatic heterocycles. The number of hydrogen-bond acceptors (Lipinski definition) is 3. The third kappa shape index (κ3) is 4.33. The Morgan fingerprint density at radius 3 is 2.59 bits per heavy atom. The van der Waals surface area contributed by atoms with Gasteiger partial charge in [-0.2, -0.15) is 0 Å². The number of aromatic amines is 1. The molecule has 2 fully saturated rings. The van der Waals surface area contributed by atoms with E-state index in [-0.39, 0.29) is 11.8 Å². The Morgan fingerprint density at radius 1 is 1.04 bits per heavy atom. The zero-order valence-electron chi connectivity index (χ0n) is 15.7. The summed E-state index contributed by atoms with van der Waals surface area (Å²) in [6, 6.07) is 8.15. The van der Waals surface area contributed by atoms with Crippen LogP contribution in [0.5, 0.6) is 0 Å². The molecule has 0 atom stereocenters. The number of benzene rings is 1. The molecule has 0 spiro atoms. The molecule has 2 N–H and O–H groups in total. The largest absolute Gasteiger partial charge is 0.361 e. The molecule has 0 radical (unpaired) electrons. The minimum absolute atomic E-state index is 0.0674. The normalized spacial score (nSPS) is 19.3. The van der Waals surface area contributed by atoms with E-state index in [1.165, 1.54) is 19.3 Å². The van der Waals surface area contributed by atoms with Gasteiger partial charge in [-0.25, -0.2) is 0 Å². The van der Waals surface area contributed by atoms with Crippen LogP contribution >= 0.6 is 0 Å². The van der Waals surface area contributed by atoms with E-state index in [0.29, 0.717) is 31.2 Å². The number of fused-ring (bicyclic) bond motifs is 1. The van der Waals surface area contributed by atoms with E-state index in [0.717, 1.165) is 36.8 Å². The highest BCUT2D eigenvalue weighted by Crippen LogP contribution is 2.18. The molecule has 2 aromatic rings. The second-order valence-corrected chi connectivity index (χ2v) is 7.75. The van der Waals surface area contributed by atoms with E-state index in [1.54, 1.807) is 0 Å². The van der Waals surface area contributed by atoms with E-state index in [2.05, 4.69) is 15.2 Å². The Bertz CT molecular complexity index is 801. The quantitative estimate of drug-likeness (QED) is 0.871. The van der Waals surface area contributed by atoms with Crippen molar-refractivity contribution in [3.05, 3.63) is 36.0 Å². The smallest absolute Gasteiger partial charge is 0.254 e. The minimum Gasteiger partial charge on any atom is -0.361 e. The second-order valence-electron chi connectivity index (χ2n) is 7.75. The van der Waals surface area contributed by atoms with Crippen molar-refractivity contribution < 1.29 is 9.59 Å². The van der Waals surface area contributed by atoms with E-state index in [1.807, 2.05) is 35.4 Å². The first-order valence-corrected chi connectivity index (χ1v) is 10.1. The Morgan fingerprint density at radius 2 is 1.81 bits per heavy atom. The van der Waals surface area contributed by atoms with Crippen molar-refractivity contribution in [1.29, 1.82) is 0 Å². The average Bonchev–Trinajstić information content (AvgIpc) is 3.16. The maximum Gasteiger partial charge on any atom is 0.254 e. The van der Waals surface area contributed by atoms with Gasteiger partial charge in [0.05, 0.1) is 6.54 Å². The number of rotatable bonds is 4. The van der Waals surface area contributed by atoms with Gasteiger partial charge >= 0.3 is 0 Å². The lowest BCUT2D eigenvalue weighted by molar-refractivity contribution is -0.123. The van der Waals surface area contributed by atoms with Gasteiger partial charge in [-0.15, -0.1) is 0 Å². The van der Waals surface area contributed by atoms with Crippen LogP contribution in [0.2, 0.25) is 0 Å². The maximum atomic E-state index is 12.8. The van der Waals surface area contributed by atoms with Crippen LogP contribution in [0.4, 0.5) is 0 Å². The highest BCUT2D eigenvalue weighted by molar-refractivity contribution is 5.98. The van der Waals surface area contributed by atoms with Gasteiger partial charge in [0.2, 0.25) is 5.91 Å². The van der Waals surface area contributed by atoms with Crippen molar-refractivity contribution >= 4 is 22.7 Å². The third-order valence-electron chi connectivity index (χ3n) is 5.80. The molecule has 2 aliphatic rings. The first kappa shape index (κ1) is 18.0. The summed E-state index contributed by atoms with van der Waals surface area (Å²) >= 11 is 0. The van der Waals surface area contributed by atoms with Crippen LogP contribution in [0.25, 0.3) is 10.9 Å². The number of carbonyl (C=O) groups excluding carboxylic acids is 2. The second kappa shape index (κ2) is 8.13. The minimum atomic E-state index is 0.0674. The fraction of sp³-hybridized carbons (Fsp3) is 0.524. The number of hydrogen-bond donors (Lipinski definition) is 2. The number of amides is 2. The van der Waals surface area contributed by atoms with Crippen LogP contribution in [0.15, 0.2) is 30.5 Å². The summed E-state index contributed by atoms with van der Waals surface area (Å²) in [7, 11) is 0. The van der Waals surface area contributed by atoms with Gasteiger partial charge in [0.1, 0.15) is 0 Å². The number of carbonyl (C=O) groups is 2. The van der Waals surface area contributed by atoms with Gasteiger partial charge in [-0.05, 0) is 36.4 Å². The topological polar surface area (TPSA) is 68.4 Å². The molecular formula is C21H28N4O2. The number of aromatic nitrogens is 1. The fourth-order valence-electron chi connectivity index (χ4n) is 4.20. The van der Waals surface area contributed by atoms with Gasteiger partial charge in [-0.1, -0.05) is 25.3 Å². The Balaban J connectivity index is 1.26. The zero-order chi connectivity index (χ0) is 18.6. The van der Waals surface area contributed by atoms with Crippen molar-refractivity contribution in [2.24, 2.45) is 0 Å². The highest BCUT2D eigenvalue weighted by atomic mass is 16.2. The van der Waals surface area contributed by atoms with Crippen molar-refractivity contribution in [1.82, 2.24) is 20.1 Å². The lowest BCUT2D eigenvalue weighted by Crippen LogP contribution is -2.52. The van der Waals surface area contributed by atoms with Crippen LogP contribution in [-0.2, 0) is 4.79 Å². The van der Waals surface area contributed by atoms with Gasteiger partial charge in [-0.3, -0.25) is 14.5 Å². The van der Waals surface area contributed by atoms with Crippen molar-refractivity contribution in [2.45, 2.75) is 38.1 Å². The number of piperazine rings is 1. The first-order valence-electron chi connectivity index (χ1n) is 10.1. The first-order chi connectivity index (χ1) is 13.2. The molecule has 1 saturated carbocycles. The molecule has 2 heterocycles. The summed E-state index contributed by atoms with van der Waals surface area (Å²) in [5, 5.41) is 4.29. The Kier molecular flexibility index (Phi) is 5.43. The highest BCUT2D eigenvalue weighted by Gasteiger charge is 2.24. The summed E-state index contributed by atoms with van der Waals surface area (Å²) < 4.78 is 0. The lowest BCUT2D eigenvalue weighted by Gasteiger charge is -2.34. The molecule has 1 saturated heterocycles. The third-order valence-corrected chi connectivity index (χ3v) is 5.80. The SMILES string of the molecule is O=C(CN1CCN(C(=O)c2ccc3cc[nH]c3c2)CC1)NC1CCCCC1. The van der Waals surface area contributed by atoms with E-state index < -0.39 is 0 Å². The summed E-state index contributed by atoms with van der Waals surface area (Å²) in [6.07, 6.45) is 7.84. The van der Waals surface area contributed by atoms with Crippen LogP contribution in [0.1, 0.15) is 42.5 Å². The maximum absolute atomic E-state index is 12.8. The predicted molar refractivity (Wildman–Crippen MR) is 106 cm³/mol. The van der Waals surface area contributed by atoms with Gasteiger partial charge < -0.3 is 15.2 Å². The molecule has 4 rings (SSSR count). The van der Waals surface area contributed by atoms with Crippen LogP contribution in [-0.4, -0.2) is 65.4 Å². The van der Waals surface area contributed by atoms with Gasteiger partial charge in [0, 0.05) is 49.5 Å². The monoisotopic (exact) mass is 368 g/mol. The molecule has 1 aliphatic carbocycles. The molecule has 6 heteroatoms. The molecule has 1 aromatic carbocycles.